The Hall–Kier alpha value is -2.17. The third-order valence-corrected chi connectivity index (χ3v) is 3.92. The molecule has 1 unspecified atom stereocenters. The van der Waals surface area contributed by atoms with Crippen molar-refractivity contribution in [2.45, 2.75) is 31.7 Å². The zero-order valence-electron chi connectivity index (χ0n) is 11.9. The first-order valence-electron chi connectivity index (χ1n) is 7.46. The summed E-state index contributed by atoms with van der Waals surface area (Å²) < 4.78 is 0. The minimum absolute atomic E-state index is 0.0834. The summed E-state index contributed by atoms with van der Waals surface area (Å²) in [5, 5.41) is 2.81. The Morgan fingerprint density at radius 1 is 1.14 bits per heavy atom. The fraction of sp³-hybridized carbons (Fsp3) is 0.438. The number of nitrogens with zero attached hydrogens (tertiary/aromatic N) is 2. The number of benzene rings is 1. The maximum atomic E-state index is 12.5. The van der Waals surface area contributed by atoms with Gasteiger partial charge >= 0.3 is 0 Å². The third kappa shape index (κ3) is 3.12. The van der Waals surface area contributed by atoms with Crippen LogP contribution in [0.2, 0.25) is 0 Å². The number of Topliss-reactive ketones (excluding diaryl/α,β-unsaturated/α-hetero) is 1. The van der Waals surface area contributed by atoms with Gasteiger partial charge in [0.05, 0.1) is 6.42 Å². The molecule has 2 heterocycles. The Kier molecular flexibility index (Phi) is 3.99. The molecule has 1 N–H and O–H groups in total. The van der Waals surface area contributed by atoms with E-state index >= 15 is 0 Å². The number of rotatable bonds is 2. The molecule has 5 heteroatoms. The van der Waals surface area contributed by atoms with E-state index in [4.69, 9.17) is 0 Å². The Morgan fingerprint density at radius 3 is 2.57 bits per heavy atom. The van der Waals surface area contributed by atoms with Crippen molar-refractivity contribution in [3.8, 4) is 0 Å². The van der Waals surface area contributed by atoms with Crippen LogP contribution < -0.4 is 5.32 Å². The van der Waals surface area contributed by atoms with E-state index < -0.39 is 6.04 Å². The number of carbonyl (C=O) groups is 2. The molecular formula is C16H19N3O2. The van der Waals surface area contributed by atoms with E-state index in [0.29, 0.717) is 11.5 Å². The standard InChI is InChI=1S/C16H19N3O2/c20-14-11-13(15(21)12-7-3-1-4-8-12)17-16(18-14)19-9-5-2-6-10-19/h1,3-4,7-8,13H,2,5-6,9-11H2,(H,17,18,20). The molecule has 1 aromatic rings. The van der Waals surface area contributed by atoms with Crippen molar-refractivity contribution in [3.05, 3.63) is 35.9 Å². The molecule has 0 spiro atoms. The summed E-state index contributed by atoms with van der Waals surface area (Å²) in [6, 6.07) is 8.46. The van der Waals surface area contributed by atoms with Crippen molar-refractivity contribution in [3.63, 3.8) is 0 Å². The summed E-state index contributed by atoms with van der Waals surface area (Å²) in [6.07, 6.45) is 3.55. The van der Waals surface area contributed by atoms with Crippen LogP contribution in [0.5, 0.6) is 0 Å². The Labute approximate surface area is 124 Å². The van der Waals surface area contributed by atoms with Gasteiger partial charge < -0.3 is 4.90 Å². The molecular weight excluding hydrogens is 266 g/mol. The van der Waals surface area contributed by atoms with Gasteiger partial charge in [0, 0.05) is 18.7 Å². The highest BCUT2D eigenvalue weighted by Crippen LogP contribution is 2.15. The van der Waals surface area contributed by atoms with Crippen LogP contribution in [-0.2, 0) is 4.79 Å². The average Bonchev–Trinajstić information content (AvgIpc) is 2.55. The second kappa shape index (κ2) is 6.08. The molecule has 110 valence electrons. The highest BCUT2D eigenvalue weighted by atomic mass is 16.2. The van der Waals surface area contributed by atoms with Gasteiger partial charge in [-0.15, -0.1) is 0 Å². The number of carbonyl (C=O) groups excluding carboxylic acids is 2. The molecule has 1 aromatic carbocycles. The normalized spacial score (nSPS) is 22.5. The van der Waals surface area contributed by atoms with Gasteiger partial charge in [-0.3, -0.25) is 14.9 Å². The molecule has 1 atom stereocenters. The molecule has 2 aliphatic rings. The topological polar surface area (TPSA) is 61.8 Å². The van der Waals surface area contributed by atoms with Crippen LogP contribution in [0.25, 0.3) is 0 Å². The lowest BCUT2D eigenvalue weighted by Gasteiger charge is -2.32. The first-order valence-corrected chi connectivity index (χ1v) is 7.46. The Balaban J connectivity index is 1.81. The number of guanidine groups is 1. The fourth-order valence-electron chi connectivity index (χ4n) is 2.79. The molecule has 5 nitrogen and oxygen atoms in total. The molecule has 2 aliphatic heterocycles. The number of piperidine rings is 1. The molecule has 1 amide bonds. The predicted molar refractivity (Wildman–Crippen MR) is 80.2 cm³/mol. The number of aliphatic imine (C=N–C) groups is 1. The Bertz CT molecular complexity index is 562. The highest BCUT2D eigenvalue weighted by Gasteiger charge is 2.30. The highest BCUT2D eigenvalue weighted by molar-refractivity contribution is 6.08. The van der Waals surface area contributed by atoms with Crippen LogP contribution in [0.15, 0.2) is 35.3 Å². The lowest BCUT2D eigenvalue weighted by Crippen LogP contribution is -2.51. The second-order valence-corrected chi connectivity index (χ2v) is 5.50. The van der Waals surface area contributed by atoms with Crippen molar-refractivity contribution < 1.29 is 9.59 Å². The van der Waals surface area contributed by atoms with Gasteiger partial charge in [0.25, 0.3) is 0 Å². The number of hydrogen-bond acceptors (Lipinski definition) is 4. The zero-order valence-corrected chi connectivity index (χ0v) is 11.9. The molecule has 0 radical (unpaired) electrons. The molecule has 0 saturated carbocycles. The summed E-state index contributed by atoms with van der Waals surface area (Å²) in [6.45, 7) is 1.79. The predicted octanol–water partition coefficient (Wildman–Crippen LogP) is 1.60. The van der Waals surface area contributed by atoms with E-state index in [1.165, 1.54) is 6.42 Å². The largest absolute Gasteiger partial charge is 0.343 e. The van der Waals surface area contributed by atoms with Crippen LogP contribution in [0, 0.1) is 0 Å². The molecule has 0 aromatic heterocycles. The van der Waals surface area contributed by atoms with Crippen molar-refractivity contribution in [2.75, 3.05) is 13.1 Å². The molecule has 0 aliphatic carbocycles. The minimum Gasteiger partial charge on any atom is -0.343 e. The van der Waals surface area contributed by atoms with Crippen molar-refractivity contribution in [1.29, 1.82) is 0 Å². The van der Waals surface area contributed by atoms with Crippen molar-refractivity contribution >= 4 is 17.6 Å². The molecule has 21 heavy (non-hydrogen) atoms. The first kappa shape index (κ1) is 13.8. The smallest absolute Gasteiger partial charge is 0.229 e. The van der Waals surface area contributed by atoms with Crippen LogP contribution >= 0.6 is 0 Å². The SMILES string of the molecule is O=C1CC(C(=O)c2ccccc2)N=C(N2CCCCC2)N1. The monoisotopic (exact) mass is 285 g/mol. The summed E-state index contributed by atoms with van der Waals surface area (Å²) in [7, 11) is 0. The average molecular weight is 285 g/mol. The Morgan fingerprint density at radius 2 is 1.86 bits per heavy atom. The van der Waals surface area contributed by atoms with Gasteiger partial charge in [-0.25, -0.2) is 4.99 Å². The van der Waals surface area contributed by atoms with Crippen LogP contribution in [0.4, 0.5) is 0 Å². The van der Waals surface area contributed by atoms with Gasteiger partial charge in [0.1, 0.15) is 6.04 Å². The van der Waals surface area contributed by atoms with E-state index in [1.54, 1.807) is 12.1 Å². The van der Waals surface area contributed by atoms with Gasteiger partial charge in [0.15, 0.2) is 5.78 Å². The number of likely N-dealkylation sites (tertiary alicyclic amines) is 1. The van der Waals surface area contributed by atoms with E-state index in [9.17, 15) is 9.59 Å². The number of ketones is 1. The summed E-state index contributed by atoms with van der Waals surface area (Å²) in [4.78, 5) is 30.9. The van der Waals surface area contributed by atoms with Crippen LogP contribution in [0.1, 0.15) is 36.0 Å². The number of amides is 1. The minimum atomic E-state index is -0.599. The number of nitrogens with one attached hydrogen (secondary N) is 1. The van der Waals surface area contributed by atoms with Crippen LogP contribution in [0.3, 0.4) is 0 Å². The molecule has 1 saturated heterocycles. The maximum Gasteiger partial charge on any atom is 0.229 e. The van der Waals surface area contributed by atoms with Gasteiger partial charge in [-0.2, -0.15) is 0 Å². The molecule has 3 rings (SSSR count). The summed E-state index contributed by atoms with van der Waals surface area (Å²) in [5.74, 6) is 0.361. The van der Waals surface area contributed by atoms with E-state index in [1.807, 2.05) is 18.2 Å². The van der Waals surface area contributed by atoms with E-state index in [0.717, 1.165) is 25.9 Å². The lowest BCUT2D eigenvalue weighted by atomic mass is 10.0. The maximum absolute atomic E-state index is 12.5. The third-order valence-electron chi connectivity index (χ3n) is 3.92. The summed E-state index contributed by atoms with van der Waals surface area (Å²) >= 11 is 0. The van der Waals surface area contributed by atoms with Gasteiger partial charge in [-0.1, -0.05) is 30.3 Å². The van der Waals surface area contributed by atoms with Crippen molar-refractivity contribution in [1.82, 2.24) is 10.2 Å². The van der Waals surface area contributed by atoms with E-state index in [2.05, 4.69) is 15.2 Å². The van der Waals surface area contributed by atoms with Crippen LogP contribution in [-0.4, -0.2) is 41.7 Å². The second-order valence-electron chi connectivity index (χ2n) is 5.50. The molecule has 1 fully saturated rings. The quantitative estimate of drug-likeness (QED) is 0.840. The van der Waals surface area contributed by atoms with Gasteiger partial charge in [-0.05, 0) is 19.3 Å². The molecule has 0 bridgehead atoms. The first-order chi connectivity index (χ1) is 10.2. The van der Waals surface area contributed by atoms with E-state index in [-0.39, 0.29) is 18.1 Å². The summed E-state index contributed by atoms with van der Waals surface area (Å²) in [5.41, 5.74) is 0.610. The number of hydrogen-bond donors (Lipinski definition) is 1. The zero-order chi connectivity index (χ0) is 14.7. The lowest BCUT2D eigenvalue weighted by molar-refractivity contribution is -0.120. The van der Waals surface area contributed by atoms with Crippen molar-refractivity contribution in [2.24, 2.45) is 4.99 Å². The fourth-order valence-corrected chi connectivity index (χ4v) is 2.79. The van der Waals surface area contributed by atoms with Gasteiger partial charge in [0.2, 0.25) is 11.9 Å².